The summed E-state index contributed by atoms with van der Waals surface area (Å²) < 4.78 is 10.9. The number of halogens is 1. The first-order valence-electron chi connectivity index (χ1n) is 7.73. The predicted octanol–water partition coefficient (Wildman–Crippen LogP) is 3.39. The third-order valence-electron chi connectivity index (χ3n) is 3.69. The molecule has 2 amide bonds. The summed E-state index contributed by atoms with van der Waals surface area (Å²) in [6.07, 6.45) is -0.706. The van der Waals surface area contributed by atoms with Gasteiger partial charge in [-0.25, -0.2) is 0 Å². The zero-order chi connectivity index (χ0) is 18.0. The Balaban J connectivity index is 1.66. The van der Waals surface area contributed by atoms with E-state index in [4.69, 9.17) is 21.1 Å². The molecule has 0 fully saturated rings. The summed E-state index contributed by atoms with van der Waals surface area (Å²) in [7, 11) is 0. The first kappa shape index (κ1) is 17.1. The van der Waals surface area contributed by atoms with E-state index >= 15 is 0 Å². The molecule has 7 heteroatoms. The van der Waals surface area contributed by atoms with E-state index in [0.717, 1.165) is 5.56 Å². The first-order chi connectivity index (χ1) is 11.9. The number of carbonyl (C=O) groups excluding carboxylic acids is 2. The van der Waals surface area contributed by atoms with Gasteiger partial charge in [0.15, 0.2) is 12.7 Å². The van der Waals surface area contributed by atoms with Crippen LogP contribution in [-0.2, 0) is 9.59 Å². The van der Waals surface area contributed by atoms with Gasteiger partial charge in [0.1, 0.15) is 11.5 Å². The van der Waals surface area contributed by atoms with Crippen molar-refractivity contribution in [3.63, 3.8) is 0 Å². The molecule has 1 aliphatic heterocycles. The Hall–Kier alpha value is -2.73. The maximum absolute atomic E-state index is 12.3. The molecule has 0 aliphatic carbocycles. The van der Waals surface area contributed by atoms with Crippen LogP contribution in [0.25, 0.3) is 0 Å². The third-order valence-corrected chi connectivity index (χ3v) is 4.12. The van der Waals surface area contributed by atoms with Gasteiger partial charge in [-0.15, -0.1) is 0 Å². The van der Waals surface area contributed by atoms with E-state index in [9.17, 15) is 9.59 Å². The molecular weight excluding hydrogens is 344 g/mol. The number of benzene rings is 2. The van der Waals surface area contributed by atoms with Crippen molar-refractivity contribution in [2.45, 2.75) is 20.0 Å². The number of hydrogen-bond donors (Lipinski definition) is 2. The van der Waals surface area contributed by atoms with Crippen LogP contribution >= 0.6 is 11.6 Å². The Labute approximate surface area is 150 Å². The number of hydrogen-bond acceptors (Lipinski definition) is 4. The van der Waals surface area contributed by atoms with Crippen LogP contribution in [0.4, 0.5) is 11.4 Å². The quantitative estimate of drug-likeness (QED) is 0.876. The van der Waals surface area contributed by atoms with E-state index < -0.39 is 6.10 Å². The molecule has 2 aromatic carbocycles. The molecule has 0 aromatic heterocycles. The zero-order valence-electron chi connectivity index (χ0n) is 13.8. The highest BCUT2D eigenvalue weighted by molar-refractivity contribution is 6.31. The van der Waals surface area contributed by atoms with E-state index in [1.54, 1.807) is 43.3 Å². The minimum atomic E-state index is -0.706. The van der Waals surface area contributed by atoms with Gasteiger partial charge < -0.3 is 20.1 Å². The van der Waals surface area contributed by atoms with Crippen LogP contribution in [0.15, 0.2) is 36.4 Å². The Kier molecular flexibility index (Phi) is 4.81. The average molecular weight is 361 g/mol. The fourth-order valence-corrected chi connectivity index (χ4v) is 2.47. The smallest absolute Gasteiger partial charge is 0.265 e. The van der Waals surface area contributed by atoms with Crippen molar-refractivity contribution in [2.75, 3.05) is 17.2 Å². The van der Waals surface area contributed by atoms with Gasteiger partial charge in [-0.1, -0.05) is 11.6 Å². The molecule has 2 aromatic rings. The lowest BCUT2D eigenvalue weighted by atomic mass is 10.2. The number of carbonyl (C=O) groups is 2. The monoisotopic (exact) mass is 360 g/mol. The van der Waals surface area contributed by atoms with E-state index in [2.05, 4.69) is 10.6 Å². The summed E-state index contributed by atoms with van der Waals surface area (Å²) in [4.78, 5) is 23.7. The van der Waals surface area contributed by atoms with Crippen LogP contribution in [-0.4, -0.2) is 24.5 Å². The Morgan fingerprint density at radius 2 is 2.12 bits per heavy atom. The highest BCUT2D eigenvalue weighted by Crippen LogP contribution is 2.30. The maximum Gasteiger partial charge on any atom is 0.265 e. The molecule has 0 bridgehead atoms. The number of fused-ring (bicyclic) bond motifs is 1. The molecule has 1 aliphatic rings. The largest absolute Gasteiger partial charge is 0.482 e. The van der Waals surface area contributed by atoms with E-state index in [1.165, 1.54) is 0 Å². The maximum atomic E-state index is 12.3. The lowest BCUT2D eigenvalue weighted by Gasteiger charge is -2.19. The second-order valence-electron chi connectivity index (χ2n) is 5.71. The van der Waals surface area contributed by atoms with Crippen molar-refractivity contribution >= 4 is 34.8 Å². The van der Waals surface area contributed by atoms with Gasteiger partial charge in [0, 0.05) is 10.7 Å². The summed E-state index contributed by atoms with van der Waals surface area (Å²) in [6.45, 7) is 3.51. The number of amides is 2. The molecule has 25 heavy (non-hydrogen) atoms. The highest BCUT2D eigenvalue weighted by Gasteiger charge is 2.19. The van der Waals surface area contributed by atoms with Gasteiger partial charge in [-0.3, -0.25) is 9.59 Å². The lowest BCUT2D eigenvalue weighted by Crippen LogP contribution is -2.30. The molecule has 0 saturated carbocycles. The second-order valence-corrected chi connectivity index (χ2v) is 6.12. The van der Waals surface area contributed by atoms with Crippen molar-refractivity contribution < 1.29 is 19.1 Å². The Morgan fingerprint density at radius 3 is 2.88 bits per heavy atom. The Bertz CT molecular complexity index is 838. The van der Waals surface area contributed by atoms with E-state index in [0.29, 0.717) is 27.9 Å². The number of rotatable bonds is 4. The Morgan fingerprint density at radius 1 is 1.32 bits per heavy atom. The summed E-state index contributed by atoms with van der Waals surface area (Å²) in [5.41, 5.74) is 1.94. The fourth-order valence-electron chi connectivity index (χ4n) is 2.35. The van der Waals surface area contributed by atoms with E-state index in [1.807, 2.05) is 6.92 Å². The first-order valence-corrected chi connectivity index (χ1v) is 8.10. The molecule has 0 radical (unpaired) electrons. The molecule has 3 rings (SSSR count). The van der Waals surface area contributed by atoms with Gasteiger partial charge >= 0.3 is 0 Å². The molecule has 0 saturated heterocycles. The number of aryl methyl sites for hydroxylation is 1. The van der Waals surface area contributed by atoms with Crippen molar-refractivity contribution in [2.24, 2.45) is 0 Å². The minimum absolute atomic E-state index is 0.00983. The molecule has 0 spiro atoms. The fraction of sp³-hybridized carbons (Fsp3) is 0.222. The second kappa shape index (κ2) is 7.03. The van der Waals surface area contributed by atoms with Gasteiger partial charge in [-0.2, -0.15) is 0 Å². The van der Waals surface area contributed by atoms with Crippen LogP contribution in [0, 0.1) is 6.92 Å². The number of anilines is 2. The van der Waals surface area contributed by atoms with Crippen molar-refractivity contribution in [1.29, 1.82) is 0 Å². The molecular formula is C18H17ClN2O4. The zero-order valence-corrected chi connectivity index (χ0v) is 14.5. The molecule has 1 atom stereocenters. The van der Waals surface area contributed by atoms with Crippen LogP contribution < -0.4 is 20.1 Å². The van der Waals surface area contributed by atoms with Crippen molar-refractivity contribution in [1.82, 2.24) is 0 Å². The van der Waals surface area contributed by atoms with Gasteiger partial charge in [0.25, 0.3) is 11.8 Å². The molecule has 1 heterocycles. The van der Waals surface area contributed by atoms with Gasteiger partial charge in [0.2, 0.25) is 0 Å². The summed E-state index contributed by atoms with van der Waals surface area (Å²) in [5.74, 6) is 0.593. The van der Waals surface area contributed by atoms with Gasteiger partial charge in [0.05, 0.1) is 5.69 Å². The predicted molar refractivity (Wildman–Crippen MR) is 95.5 cm³/mol. The normalized spacial score (nSPS) is 14.0. The summed E-state index contributed by atoms with van der Waals surface area (Å²) >= 11 is 5.98. The highest BCUT2D eigenvalue weighted by atomic mass is 35.5. The molecule has 130 valence electrons. The van der Waals surface area contributed by atoms with Crippen LogP contribution in [0.2, 0.25) is 5.02 Å². The number of ether oxygens (including phenoxy) is 2. The average Bonchev–Trinajstić information content (AvgIpc) is 2.57. The topological polar surface area (TPSA) is 76.7 Å². The van der Waals surface area contributed by atoms with Crippen LogP contribution in [0.3, 0.4) is 0 Å². The SMILES string of the molecule is Cc1cc(O[C@@H](C)C(=O)Nc2ccc3c(c2)NC(=O)CO3)ccc1Cl. The molecule has 6 nitrogen and oxygen atoms in total. The van der Waals surface area contributed by atoms with E-state index in [-0.39, 0.29) is 18.4 Å². The summed E-state index contributed by atoms with van der Waals surface area (Å²) in [6, 6.07) is 10.3. The standard InChI is InChI=1S/C18H17ClN2O4/c1-10-7-13(4-5-14(10)19)25-11(2)18(23)20-12-3-6-16-15(8-12)21-17(22)9-24-16/h3-8,11H,9H2,1-2H3,(H,20,23)(H,21,22)/t11-/m0/s1. The molecule has 0 unspecified atom stereocenters. The van der Waals surface area contributed by atoms with Crippen LogP contribution in [0.1, 0.15) is 12.5 Å². The van der Waals surface area contributed by atoms with Crippen molar-refractivity contribution in [3.8, 4) is 11.5 Å². The lowest BCUT2D eigenvalue weighted by molar-refractivity contribution is -0.122. The third kappa shape index (κ3) is 4.03. The minimum Gasteiger partial charge on any atom is -0.482 e. The van der Waals surface area contributed by atoms with Crippen LogP contribution in [0.5, 0.6) is 11.5 Å². The summed E-state index contributed by atoms with van der Waals surface area (Å²) in [5, 5.41) is 6.09. The van der Waals surface area contributed by atoms with Crippen molar-refractivity contribution in [3.05, 3.63) is 47.0 Å². The number of nitrogens with one attached hydrogen (secondary N) is 2. The molecule has 2 N–H and O–H groups in total. The van der Waals surface area contributed by atoms with Gasteiger partial charge in [-0.05, 0) is 55.8 Å².